The summed E-state index contributed by atoms with van der Waals surface area (Å²) >= 11 is 0. The van der Waals surface area contributed by atoms with Crippen molar-refractivity contribution in [1.82, 2.24) is 14.7 Å². The van der Waals surface area contributed by atoms with Crippen LogP contribution in [-0.2, 0) is 7.05 Å². The van der Waals surface area contributed by atoms with Crippen molar-refractivity contribution in [1.29, 1.82) is 0 Å². The van der Waals surface area contributed by atoms with Gasteiger partial charge in [0.05, 0.1) is 6.54 Å². The Morgan fingerprint density at radius 1 is 1.46 bits per heavy atom. The van der Waals surface area contributed by atoms with Gasteiger partial charge in [0.15, 0.2) is 0 Å². The third kappa shape index (κ3) is 3.41. The molecule has 0 bridgehead atoms. The zero-order valence-corrected chi connectivity index (χ0v) is 13.6. The van der Waals surface area contributed by atoms with E-state index in [1.807, 2.05) is 0 Å². The molecule has 2 heterocycles. The molecule has 2 atom stereocenters. The summed E-state index contributed by atoms with van der Waals surface area (Å²) in [7, 11) is 1.74. The lowest BCUT2D eigenvalue weighted by Crippen LogP contribution is -2.58. The molecule has 1 aliphatic heterocycles. The number of hydrogen-bond acceptors (Lipinski definition) is 4. The molecule has 1 aliphatic rings. The van der Waals surface area contributed by atoms with E-state index < -0.39 is 17.5 Å². The van der Waals surface area contributed by atoms with Crippen molar-refractivity contribution >= 4 is 5.91 Å². The number of piperidine rings is 1. The summed E-state index contributed by atoms with van der Waals surface area (Å²) in [6.45, 7) is 2.18. The number of amides is 1. The molecule has 1 fully saturated rings. The number of aromatic nitrogens is 2. The average molecular weight is 333 g/mol. The van der Waals surface area contributed by atoms with E-state index in [-0.39, 0.29) is 12.5 Å². The number of aliphatic hydroxyl groups is 1. The lowest BCUT2D eigenvalue weighted by Gasteiger charge is -2.42. The summed E-state index contributed by atoms with van der Waals surface area (Å²) in [5.74, 6) is -0.250. The fraction of sp³-hybridized carbons (Fsp3) is 0.412. The first-order valence-electron chi connectivity index (χ1n) is 7.79. The van der Waals surface area contributed by atoms with Crippen molar-refractivity contribution in [3.8, 4) is 5.75 Å². The van der Waals surface area contributed by atoms with E-state index >= 15 is 0 Å². The van der Waals surface area contributed by atoms with Crippen LogP contribution < -0.4 is 4.74 Å². The number of nitrogens with zero attached hydrogens (tertiary/aromatic N) is 3. The second-order valence-electron chi connectivity index (χ2n) is 6.31. The molecule has 1 aromatic heterocycles. The molecule has 0 unspecified atom stereocenters. The number of carbonyl (C=O) groups is 1. The van der Waals surface area contributed by atoms with E-state index in [0.717, 1.165) is 0 Å². The number of rotatable bonds is 3. The fourth-order valence-corrected chi connectivity index (χ4v) is 2.91. The molecule has 1 amide bonds. The van der Waals surface area contributed by atoms with Crippen LogP contribution in [0.15, 0.2) is 36.5 Å². The first kappa shape index (κ1) is 16.4. The third-order valence-corrected chi connectivity index (χ3v) is 4.16. The Hall–Kier alpha value is -2.41. The van der Waals surface area contributed by atoms with E-state index in [4.69, 9.17) is 4.74 Å². The van der Waals surface area contributed by atoms with Crippen LogP contribution in [0, 0.1) is 5.82 Å². The van der Waals surface area contributed by atoms with Crippen LogP contribution in [-0.4, -0.2) is 50.5 Å². The Labute approximate surface area is 139 Å². The number of carbonyl (C=O) groups excluding carboxylic acids is 1. The Morgan fingerprint density at radius 2 is 2.25 bits per heavy atom. The van der Waals surface area contributed by atoms with Gasteiger partial charge in [0.1, 0.15) is 29.0 Å². The van der Waals surface area contributed by atoms with Crippen LogP contribution in [0.5, 0.6) is 5.75 Å². The van der Waals surface area contributed by atoms with E-state index in [2.05, 4.69) is 5.10 Å². The van der Waals surface area contributed by atoms with Gasteiger partial charge >= 0.3 is 0 Å². The zero-order valence-electron chi connectivity index (χ0n) is 13.6. The molecule has 128 valence electrons. The average Bonchev–Trinajstić information content (AvgIpc) is 2.95. The summed E-state index contributed by atoms with van der Waals surface area (Å²) in [5, 5.41) is 14.8. The standard InChI is InChI=1S/C17H20FN3O3/c1-17(23)11-21(16(22)14-6-8-20(2)19-14)9-7-15(17)24-13-5-3-4-12(18)10-13/h3-6,8,10,15,23H,7,9,11H2,1-2H3/t15-,17-/m0/s1. The van der Waals surface area contributed by atoms with Crippen LogP contribution in [0.4, 0.5) is 4.39 Å². The quantitative estimate of drug-likeness (QED) is 0.926. The van der Waals surface area contributed by atoms with Gasteiger partial charge in [-0.25, -0.2) is 4.39 Å². The molecule has 2 aromatic rings. The van der Waals surface area contributed by atoms with E-state index in [0.29, 0.717) is 24.4 Å². The molecule has 6 nitrogen and oxygen atoms in total. The maximum Gasteiger partial charge on any atom is 0.274 e. The highest BCUT2D eigenvalue weighted by Crippen LogP contribution is 2.27. The molecule has 3 rings (SSSR count). The normalized spacial score (nSPS) is 24.0. The fourth-order valence-electron chi connectivity index (χ4n) is 2.91. The SMILES string of the molecule is Cn1ccc(C(=O)N2CC[C@H](Oc3cccc(F)c3)[C@@](C)(O)C2)n1. The zero-order chi connectivity index (χ0) is 17.3. The Kier molecular flexibility index (Phi) is 4.28. The minimum atomic E-state index is -1.24. The Morgan fingerprint density at radius 3 is 2.88 bits per heavy atom. The molecular formula is C17H20FN3O3. The van der Waals surface area contributed by atoms with Crippen LogP contribution in [0.1, 0.15) is 23.8 Å². The Balaban J connectivity index is 1.69. The molecule has 0 radical (unpaired) electrons. The van der Waals surface area contributed by atoms with Gasteiger partial charge in [-0.2, -0.15) is 5.10 Å². The van der Waals surface area contributed by atoms with Crippen molar-refractivity contribution in [3.05, 3.63) is 48.0 Å². The van der Waals surface area contributed by atoms with Gasteiger partial charge in [-0.1, -0.05) is 6.07 Å². The smallest absolute Gasteiger partial charge is 0.274 e. The third-order valence-electron chi connectivity index (χ3n) is 4.16. The number of likely N-dealkylation sites (tertiary alicyclic amines) is 1. The molecule has 0 aliphatic carbocycles. The van der Waals surface area contributed by atoms with E-state index in [1.165, 1.54) is 12.1 Å². The largest absolute Gasteiger partial charge is 0.487 e. The molecule has 1 aromatic carbocycles. The highest BCUT2D eigenvalue weighted by Gasteiger charge is 2.41. The van der Waals surface area contributed by atoms with Crippen molar-refractivity contribution < 1.29 is 19.0 Å². The molecule has 0 saturated carbocycles. The molecular weight excluding hydrogens is 313 g/mol. The first-order valence-corrected chi connectivity index (χ1v) is 7.79. The summed E-state index contributed by atoms with van der Waals surface area (Å²) in [6.07, 6.45) is 1.62. The Bertz CT molecular complexity index is 744. The predicted octanol–water partition coefficient (Wildman–Crippen LogP) is 1.60. The number of aryl methyl sites for hydroxylation is 1. The van der Waals surface area contributed by atoms with Gasteiger partial charge in [-0.3, -0.25) is 9.48 Å². The highest BCUT2D eigenvalue weighted by atomic mass is 19.1. The summed E-state index contributed by atoms with van der Waals surface area (Å²) < 4.78 is 20.6. The molecule has 24 heavy (non-hydrogen) atoms. The van der Waals surface area contributed by atoms with E-state index in [1.54, 1.807) is 47.9 Å². The van der Waals surface area contributed by atoms with E-state index in [9.17, 15) is 14.3 Å². The number of hydrogen-bond donors (Lipinski definition) is 1. The molecule has 1 saturated heterocycles. The van der Waals surface area contributed by atoms with Gasteiger partial charge in [0.25, 0.3) is 5.91 Å². The second kappa shape index (κ2) is 6.24. The molecule has 1 N–H and O–H groups in total. The van der Waals surface area contributed by atoms with Crippen molar-refractivity contribution in [2.45, 2.75) is 25.0 Å². The van der Waals surface area contributed by atoms with Gasteiger partial charge in [-0.05, 0) is 25.1 Å². The molecule has 0 spiro atoms. The lowest BCUT2D eigenvalue weighted by atomic mass is 9.91. The first-order chi connectivity index (χ1) is 11.3. The number of ether oxygens (including phenoxy) is 1. The van der Waals surface area contributed by atoms with Crippen molar-refractivity contribution in [2.24, 2.45) is 7.05 Å². The predicted molar refractivity (Wildman–Crippen MR) is 85.2 cm³/mol. The summed E-state index contributed by atoms with van der Waals surface area (Å²) in [5.41, 5.74) is -0.896. The maximum absolute atomic E-state index is 13.3. The number of β-amino-alcohol motifs (C(OH)–C–C–N with tert-alkyl or cyclic N) is 1. The topological polar surface area (TPSA) is 67.6 Å². The van der Waals surface area contributed by atoms with Crippen molar-refractivity contribution in [2.75, 3.05) is 13.1 Å². The minimum Gasteiger partial charge on any atom is -0.487 e. The van der Waals surface area contributed by atoms with Gasteiger partial charge in [-0.15, -0.1) is 0 Å². The van der Waals surface area contributed by atoms with Crippen LogP contribution in [0.3, 0.4) is 0 Å². The molecule has 7 heteroatoms. The monoisotopic (exact) mass is 333 g/mol. The van der Waals surface area contributed by atoms with Crippen LogP contribution >= 0.6 is 0 Å². The van der Waals surface area contributed by atoms with Crippen LogP contribution in [0.2, 0.25) is 0 Å². The van der Waals surface area contributed by atoms with Gasteiger partial charge in [0.2, 0.25) is 0 Å². The number of halogens is 1. The lowest BCUT2D eigenvalue weighted by molar-refractivity contribution is -0.0900. The summed E-state index contributed by atoms with van der Waals surface area (Å²) in [4.78, 5) is 14.0. The maximum atomic E-state index is 13.3. The second-order valence-corrected chi connectivity index (χ2v) is 6.31. The summed E-state index contributed by atoms with van der Waals surface area (Å²) in [6, 6.07) is 7.46. The van der Waals surface area contributed by atoms with Crippen molar-refractivity contribution in [3.63, 3.8) is 0 Å². The number of benzene rings is 1. The van der Waals surface area contributed by atoms with Gasteiger partial charge in [0, 0.05) is 32.3 Å². The van der Waals surface area contributed by atoms with Gasteiger partial charge < -0.3 is 14.7 Å². The van der Waals surface area contributed by atoms with Crippen LogP contribution in [0.25, 0.3) is 0 Å². The highest BCUT2D eigenvalue weighted by molar-refractivity contribution is 5.92. The minimum absolute atomic E-state index is 0.127.